The predicted octanol–water partition coefficient (Wildman–Crippen LogP) is 2.87. The lowest BCUT2D eigenvalue weighted by Crippen LogP contribution is -2.17. The van der Waals surface area contributed by atoms with Gasteiger partial charge >= 0.3 is 0 Å². The quantitative estimate of drug-likeness (QED) is 0.623. The minimum atomic E-state index is 0.606. The second kappa shape index (κ2) is 6.49. The number of unbranched alkanes of at least 4 members (excludes halogenated alkanes) is 2. The maximum atomic E-state index is 5.82. The highest BCUT2D eigenvalue weighted by Crippen LogP contribution is 2.21. The van der Waals surface area contributed by atoms with Crippen LogP contribution >= 0.6 is 0 Å². The molecule has 0 amide bonds. The molecule has 0 radical (unpaired) electrons. The highest BCUT2D eigenvalue weighted by Gasteiger charge is 2.19. The van der Waals surface area contributed by atoms with Gasteiger partial charge in [-0.2, -0.15) is 0 Å². The van der Waals surface area contributed by atoms with Crippen LogP contribution in [-0.4, -0.2) is 25.3 Å². The van der Waals surface area contributed by atoms with Crippen molar-refractivity contribution in [1.29, 1.82) is 0 Å². The molecule has 0 saturated heterocycles. The Morgan fingerprint density at radius 2 is 1.73 bits per heavy atom. The van der Waals surface area contributed by atoms with Crippen LogP contribution in [0.2, 0.25) is 0 Å². The minimum Gasteiger partial charge on any atom is -0.378 e. The molecule has 0 aromatic carbocycles. The van der Waals surface area contributed by atoms with E-state index in [9.17, 15) is 0 Å². The van der Waals surface area contributed by atoms with E-state index in [1.165, 1.54) is 64.3 Å². The van der Waals surface area contributed by atoms with Gasteiger partial charge in [0.25, 0.3) is 0 Å². The van der Waals surface area contributed by atoms with Crippen molar-refractivity contribution in [3.8, 4) is 0 Å². The molecular formula is C13H25NO. The van der Waals surface area contributed by atoms with Gasteiger partial charge < -0.3 is 10.1 Å². The molecule has 0 heterocycles. The molecule has 2 aliphatic rings. The Balaban J connectivity index is 1.32. The third-order valence-corrected chi connectivity index (χ3v) is 3.49. The van der Waals surface area contributed by atoms with Gasteiger partial charge in [-0.1, -0.05) is 12.8 Å². The second-order valence-corrected chi connectivity index (χ2v) is 5.07. The van der Waals surface area contributed by atoms with Crippen molar-refractivity contribution in [2.45, 2.75) is 69.9 Å². The lowest BCUT2D eigenvalue weighted by Gasteiger charge is -2.10. The summed E-state index contributed by atoms with van der Waals surface area (Å²) >= 11 is 0. The third-order valence-electron chi connectivity index (χ3n) is 3.49. The van der Waals surface area contributed by atoms with Crippen LogP contribution < -0.4 is 5.32 Å². The Morgan fingerprint density at radius 1 is 0.933 bits per heavy atom. The van der Waals surface area contributed by atoms with E-state index in [0.717, 1.165) is 12.6 Å². The smallest absolute Gasteiger partial charge is 0.0575 e. The molecule has 88 valence electrons. The van der Waals surface area contributed by atoms with E-state index >= 15 is 0 Å². The molecule has 0 spiro atoms. The average molecular weight is 211 g/mol. The van der Waals surface area contributed by atoms with Gasteiger partial charge in [-0.25, -0.2) is 0 Å². The number of rotatable bonds is 8. The topological polar surface area (TPSA) is 21.3 Å². The van der Waals surface area contributed by atoms with Gasteiger partial charge in [0.15, 0.2) is 0 Å². The highest BCUT2D eigenvalue weighted by atomic mass is 16.5. The Kier molecular flexibility index (Phi) is 4.94. The van der Waals surface area contributed by atoms with E-state index < -0.39 is 0 Å². The molecule has 2 fully saturated rings. The first-order valence-electron chi connectivity index (χ1n) is 6.80. The van der Waals surface area contributed by atoms with Gasteiger partial charge in [0.05, 0.1) is 6.10 Å². The summed E-state index contributed by atoms with van der Waals surface area (Å²) in [5, 5.41) is 3.55. The van der Waals surface area contributed by atoms with Crippen molar-refractivity contribution >= 4 is 0 Å². The molecular weight excluding hydrogens is 186 g/mol. The van der Waals surface area contributed by atoms with E-state index in [0.29, 0.717) is 6.10 Å². The van der Waals surface area contributed by atoms with Gasteiger partial charge in [0.2, 0.25) is 0 Å². The first-order chi connectivity index (χ1) is 7.45. The normalized spacial score (nSPS) is 22.4. The Hall–Kier alpha value is -0.0800. The summed E-state index contributed by atoms with van der Waals surface area (Å²) in [6.07, 6.45) is 12.7. The number of ether oxygens (including phenoxy) is 1. The molecule has 2 rings (SSSR count). The molecule has 0 atom stereocenters. The largest absolute Gasteiger partial charge is 0.378 e. The molecule has 0 bridgehead atoms. The van der Waals surface area contributed by atoms with Crippen molar-refractivity contribution < 1.29 is 4.74 Å². The van der Waals surface area contributed by atoms with E-state index in [4.69, 9.17) is 4.74 Å². The average Bonchev–Trinajstić information content (AvgIpc) is 2.92. The highest BCUT2D eigenvalue weighted by molar-refractivity contribution is 4.80. The molecule has 0 aromatic rings. The van der Waals surface area contributed by atoms with Gasteiger partial charge in [0, 0.05) is 12.6 Å². The molecule has 2 saturated carbocycles. The molecule has 2 nitrogen and oxygen atoms in total. The van der Waals surface area contributed by atoms with Gasteiger partial charge in [-0.3, -0.25) is 0 Å². The Bertz CT molecular complexity index is 162. The summed E-state index contributed by atoms with van der Waals surface area (Å²) in [5.41, 5.74) is 0. The lowest BCUT2D eigenvalue weighted by molar-refractivity contribution is 0.0557. The first-order valence-corrected chi connectivity index (χ1v) is 6.80. The lowest BCUT2D eigenvalue weighted by atomic mass is 10.2. The monoisotopic (exact) mass is 211 g/mol. The molecule has 2 aliphatic carbocycles. The summed E-state index contributed by atoms with van der Waals surface area (Å²) in [5.74, 6) is 0. The van der Waals surface area contributed by atoms with Crippen LogP contribution in [0.25, 0.3) is 0 Å². The van der Waals surface area contributed by atoms with E-state index in [1.54, 1.807) is 0 Å². The summed E-state index contributed by atoms with van der Waals surface area (Å²) in [6, 6.07) is 0.875. The summed E-state index contributed by atoms with van der Waals surface area (Å²) < 4.78 is 5.82. The van der Waals surface area contributed by atoms with Gasteiger partial charge in [-0.15, -0.1) is 0 Å². The molecule has 2 heteroatoms. The molecule has 15 heavy (non-hydrogen) atoms. The van der Waals surface area contributed by atoms with Gasteiger partial charge in [-0.05, 0) is 51.5 Å². The fourth-order valence-corrected chi connectivity index (χ4v) is 2.30. The summed E-state index contributed by atoms with van der Waals surface area (Å²) in [7, 11) is 0. The molecule has 0 unspecified atom stereocenters. The van der Waals surface area contributed by atoms with Crippen molar-refractivity contribution in [2.24, 2.45) is 0 Å². The van der Waals surface area contributed by atoms with Crippen LogP contribution in [0, 0.1) is 0 Å². The third kappa shape index (κ3) is 4.98. The zero-order valence-corrected chi connectivity index (χ0v) is 9.84. The minimum absolute atomic E-state index is 0.606. The zero-order valence-electron chi connectivity index (χ0n) is 9.84. The van der Waals surface area contributed by atoms with Crippen LogP contribution in [0.1, 0.15) is 57.8 Å². The molecule has 0 aliphatic heterocycles. The Labute approximate surface area is 93.8 Å². The van der Waals surface area contributed by atoms with Crippen molar-refractivity contribution in [3.63, 3.8) is 0 Å². The van der Waals surface area contributed by atoms with Crippen molar-refractivity contribution in [1.82, 2.24) is 5.32 Å². The SMILES string of the molecule is C(CCNC1CC1)CCOC1CCCC1. The standard InChI is InChI=1S/C13H25NO/c1(4-10-14-12-8-9-12)5-11-15-13-6-2-3-7-13/h12-14H,1-11H2. The van der Waals surface area contributed by atoms with E-state index in [-0.39, 0.29) is 0 Å². The maximum absolute atomic E-state index is 5.82. The van der Waals surface area contributed by atoms with Gasteiger partial charge in [0.1, 0.15) is 0 Å². The Morgan fingerprint density at radius 3 is 2.47 bits per heavy atom. The second-order valence-electron chi connectivity index (χ2n) is 5.07. The summed E-state index contributed by atoms with van der Waals surface area (Å²) in [4.78, 5) is 0. The predicted molar refractivity (Wildman–Crippen MR) is 63.1 cm³/mol. The number of hydrogen-bond acceptors (Lipinski definition) is 2. The number of nitrogens with one attached hydrogen (secondary N) is 1. The first kappa shape index (κ1) is 11.4. The molecule has 1 N–H and O–H groups in total. The fourth-order valence-electron chi connectivity index (χ4n) is 2.30. The summed E-state index contributed by atoms with van der Waals surface area (Å²) in [6.45, 7) is 2.21. The van der Waals surface area contributed by atoms with Crippen LogP contribution in [0.3, 0.4) is 0 Å². The zero-order chi connectivity index (χ0) is 10.3. The van der Waals surface area contributed by atoms with Crippen LogP contribution in [0.5, 0.6) is 0 Å². The van der Waals surface area contributed by atoms with Crippen LogP contribution in [0.15, 0.2) is 0 Å². The van der Waals surface area contributed by atoms with Crippen LogP contribution in [0.4, 0.5) is 0 Å². The molecule has 0 aromatic heterocycles. The van der Waals surface area contributed by atoms with E-state index in [2.05, 4.69) is 5.32 Å². The van der Waals surface area contributed by atoms with Crippen molar-refractivity contribution in [2.75, 3.05) is 13.2 Å². The number of hydrogen-bond donors (Lipinski definition) is 1. The van der Waals surface area contributed by atoms with E-state index in [1.807, 2.05) is 0 Å². The van der Waals surface area contributed by atoms with Crippen LogP contribution in [-0.2, 0) is 4.74 Å². The van der Waals surface area contributed by atoms with Crippen molar-refractivity contribution in [3.05, 3.63) is 0 Å². The maximum Gasteiger partial charge on any atom is 0.0575 e. The fraction of sp³-hybridized carbons (Fsp3) is 1.00.